The zero-order valence-corrected chi connectivity index (χ0v) is 16.0. The maximum absolute atomic E-state index is 12.6. The molecule has 0 spiro atoms. The zero-order valence-electron chi connectivity index (χ0n) is 16.0. The molecule has 1 aromatic carbocycles. The number of hydrogen-bond donors (Lipinski definition) is 0. The standard InChI is InChI=1S/C20H24N6O2/c1-28-11-10-26-15-21-19-12-17(2-3-18(19)20(26)27)25-8-6-24(7-9-25)14-16-4-5-22-23-13-16/h2-5,12-13,15H,6-11,14H2,1H3. The number of rotatable bonds is 6. The molecule has 0 radical (unpaired) electrons. The first-order valence-electron chi connectivity index (χ1n) is 9.45. The molecule has 2 aromatic heterocycles. The van der Waals surface area contributed by atoms with Gasteiger partial charge in [-0.05, 0) is 29.8 Å². The second-order valence-corrected chi connectivity index (χ2v) is 6.95. The van der Waals surface area contributed by atoms with Crippen LogP contribution in [-0.2, 0) is 17.8 Å². The number of hydrogen-bond acceptors (Lipinski definition) is 7. The molecule has 8 heteroatoms. The van der Waals surface area contributed by atoms with Crippen molar-refractivity contribution in [2.75, 3.05) is 44.8 Å². The maximum atomic E-state index is 12.6. The molecule has 1 fully saturated rings. The van der Waals surface area contributed by atoms with Crippen LogP contribution in [0.3, 0.4) is 0 Å². The number of benzene rings is 1. The van der Waals surface area contributed by atoms with Gasteiger partial charge in [-0.15, -0.1) is 0 Å². The van der Waals surface area contributed by atoms with Crippen molar-refractivity contribution in [3.05, 3.63) is 58.9 Å². The first-order chi connectivity index (χ1) is 13.7. The summed E-state index contributed by atoms with van der Waals surface area (Å²) in [7, 11) is 1.62. The van der Waals surface area contributed by atoms with Crippen molar-refractivity contribution < 1.29 is 4.74 Å². The minimum atomic E-state index is -0.0237. The van der Waals surface area contributed by atoms with Gasteiger partial charge in [-0.2, -0.15) is 10.2 Å². The quantitative estimate of drug-likeness (QED) is 0.635. The number of anilines is 1. The predicted octanol–water partition coefficient (Wildman–Crippen LogP) is 1.16. The molecular weight excluding hydrogens is 356 g/mol. The van der Waals surface area contributed by atoms with Crippen LogP contribution >= 0.6 is 0 Å². The average Bonchev–Trinajstić information content (AvgIpc) is 2.74. The molecule has 0 aliphatic carbocycles. The maximum Gasteiger partial charge on any atom is 0.261 e. The molecule has 0 N–H and O–H groups in total. The Hall–Kier alpha value is -2.84. The van der Waals surface area contributed by atoms with E-state index in [0.717, 1.165) is 43.9 Å². The first-order valence-corrected chi connectivity index (χ1v) is 9.45. The summed E-state index contributed by atoms with van der Waals surface area (Å²) in [5.74, 6) is 0. The summed E-state index contributed by atoms with van der Waals surface area (Å²) in [6.45, 7) is 5.73. The number of ether oxygens (including phenoxy) is 1. The minimum absolute atomic E-state index is 0.0237. The number of piperazine rings is 1. The fraction of sp³-hybridized carbons (Fsp3) is 0.400. The van der Waals surface area contributed by atoms with E-state index in [1.807, 2.05) is 30.5 Å². The molecule has 3 aromatic rings. The third kappa shape index (κ3) is 4.02. The Kier molecular flexibility index (Phi) is 5.59. The summed E-state index contributed by atoms with van der Waals surface area (Å²) in [6, 6.07) is 7.93. The highest BCUT2D eigenvalue weighted by Crippen LogP contribution is 2.21. The van der Waals surface area contributed by atoms with E-state index in [2.05, 4.69) is 25.0 Å². The van der Waals surface area contributed by atoms with Gasteiger partial charge in [0.25, 0.3) is 5.56 Å². The lowest BCUT2D eigenvalue weighted by atomic mass is 10.2. The number of aromatic nitrogens is 4. The van der Waals surface area contributed by atoms with Gasteiger partial charge in [0.1, 0.15) is 0 Å². The largest absolute Gasteiger partial charge is 0.383 e. The lowest BCUT2D eigenvalue weighted by Crippen LogP contribution is -2.46. The van der Waals surface area contributed by atoms with Crippen LogP contribution in [0.5, 0.6) is 0 Å². The molecular formula is C20H24N6O2. The van der Waals surface area contributed by atoms with E-state index in [4.69, 9.17) is 4.74 Å². The molecule has 0 unspecified atom stereocenters. The fourth-order valence-corrected chi connectivity index (χ4v) is 3.53. The lowest BCUT2D eigenvalue weighted by Gasteiger charge is -2.36. The van der Waals surface area contributed by atoms with Crippen LogP contribution in [0.15, 0.2) is 47.8 Å². The average molecular weight is 380 g/mol. The van der Waals surface area contributed by atoms with E-state index in [-0.39, 0.29) is 5.56 Å². The predicted molar refractivity (Wildman–Crippen MR) is 107 cm³/mol. The summed E-state index contributed by atoms with van der Waals surface area (Å²) in [6.07, 6.45) is 5.16. The van der Waals surface area contributed by atoms with Crippen molar-refractivity contribution >= 4 is 16.6 Å². The Morgan fingerprint density at radius 3 is 2.71 bits per heavy atom. The van der Waals surface area contributed by atoms with Gasteiger partial charge in [-0.25, -0.2) is 4.98 Å². The van der Waals surface area contributed by atoms with Crippen LogP contribution in [-0.4, -0.2) is 64.5 Å². The number of nitrogens with zero attached hydrogens (tertiary/aromatic N) is 6. The Labute approximate surface area is 163 Å². The van der Waals surface area contributed by atoms with Gasteiger partial charge in [0, 0.05) is 51.7 Å². The summed E-state index contributed by atoms with van der Waals surface area (Å²) >= 11 is 0. The molecule has 0 atom stereocenters. The topological polar surface area (TPSA) is 76.4 Å². The molecule has 4 rings (SSSR count). The van der Waals surface area contributed by atoms with Gasteiger partial charge in [0.05, 0.1) is 36.6 Å². The van der Waals surface area contributed by atoms with Crippen LogP contribution in [0.1, 0.15) is 5.56 Å². The van der Waals surface area contributed by atoms with Crippen LogP contribution in [0.4, 0.5) is 5.69 Å². The normalized spacial score (nSPS) is 15.2. The molecule has 0 saturated carbocycles. The van der Waals surface area contributed by atoms with E-state index in [1.54, 1.807) is 24.2 Å². The van der Waals surface area contributed by atoms with Crippen molar-refractivity contribution in [2.24, 2.45) is 0 Å². The van der Waals surface area contributed by atoms with Crippen molar-refractivity contribution in [3.8, 4) is 0 Å². The Morgan fingerprint density at radius 1 is 1.11 bits per heavy atom. The minimum Gasteiger partial charge on any atom is -0.383 e. The molecule has 1 saturated heterocycles. The van der Waals surface area contributed by atoms with Gasteiger partial charge in [0.15, 0.2) is 0 Å². The summed E-state index contributed by atoms with van der Waals surface area (Å²) in [4.78, 5) is 21.8. The van der Waals surface area contributed by atoms with E-state index < -0.39 is 0 Å². The van der Waals surface area contributed by atoms with Crippen molar-refractivity contribution in [1.82, 2.24) is 24.6 Å². The highest BCUT2D eigenvalue weighted by molar-refractivity contribution is 5.81. The second-order valence-electron chi connectivity index (χ2n) is 6.95. The molecule has 1 aliphatic heterocycles. The van der Waals surface area contributed by atoms with Gasteiger partial charge in [-0.1, -0.05) is 0 Å². The zero-order chi connectivity index (χ0) is 19.3. The lowest BCUT2D eigenvalue weighted by molar-refractivity contribution is 0.186. The first kappa shape index (κ1) is 18.5. The third-order valence-electron chi connectivity index (χ3n) is 5.13. The number of methoxy groups -OCH3 is 1. The van der Waals surface area contributed by atoms with E-state index in [1.165, 1.54) is 5.56 Å². The summed E-state index contributed by atoms with van der Waals surface area (Å²) < 4.78 is 6.65. The second kappa shape index (κ2) is 8.45. The van der Waals surface area contributed by atoms with Crippen LogP contribution < -0.4 is 10.5 Å². The molecule has 0 bridgehead atoms. The number of fused-ring (bicyclic) bond motifs is 1. The highest BCUT2D eigenvalue weighted by Gasteiger charge is 2.18. The molecule has 8 nitrogen and oxygen atoms in total. The summed E-state index contributed by atoms with van der Waals surface area (Å²) in [5, 5.41) is 8.42. The Morgan fingerprint density at radius 2 is 1.96 bits per heavy atom. The molecule has 0 amide bonds. The monoisotopic (exact) mass is 380 g/mol. The van der Waals surface area contributed by atoms with Crippen LogP contribution in [0.2, 0.25) is 0 Å². The van der Waals surface area contributed by atoms with Crippen molar-refractivity contribution in [2.45, 2.75) is 13.1 Å². The molecule has 146 valence electrons. The van der Waals surface area contributed by atoms with Gasteiger partial charge >= 0.3 is 0 Å². The Balaban J connectivity index is 1.44. The third-order valence-corrected chi connectivity index (χ3v) is 5.13. The van der Waals surface area contributed by atoms with Crippen molar-refractivity contribution in [3.63, 3.8) is 0 Å². The Bertz CT molecular complexity index is 983. The summed E-state index contributed by atoms with van der Waals surface area (Å²) in [5.41, 5.74) is 3.01. The fourth-order valence-electron chi connectivity index (χ4n) is 3.53. The SMILES string of the molecule is COCCn1cnc2cc(N3CCN(Cc4ccnnc4)CC3)ccc2c1=O. The van der Waals surface area contributed by atoms with E-state index in [9.17, 15) is 4.79 Å². The molecule has 28 heavy (non-hydrogen) atoms. The van der Waals surface area contributed by atoms with Crippen LogP contribution in [0, 0.1) is 0 Å². The van der Waals surface area contributed by atoms with Gasteiger partial charge in [0.2, 0.25) is 0 Å². The van der Waals surface area contributed by atoms with E-state index in [0.29, 0.717) is 18.5 Å². The van der Waals surface area contributed by atoms with Gasteiger partial charge in [-0.3, -0.25) is 14.3 Å². The van der Waals surface area contributed by atoms with E-state index >= 15 is 0 Å². The molecule has 1 aliphatic rings. The smallest absolute Gasteiger partial charge is 0.261 e. The van der Waals surface area contributed by atoms with Gasteiger partial charge < -0.3 is 9.64 Å². The van der Waals surface area contributed by atoms with Crippen LogP contribution in [0.25, 0.3) is 10.9 Å². The van der Waals surface area contributed by atoms with Crippen molar-refractivity contribution in [1.29, 1.82) is 0 Å². The highest BCUT2D eigenvalue weighted by atomic mass is 16.5. The molecule has 3 heterocycles.